The average molecular weight is 529 g/mol. The van der Waals surface area contributed by atoms with Crippen LogP contribution in [0.3, 0.4) is 0 Å². The van der Waals surface area contributed by atoms with Crippen molar-refractivity contribution in [3.63, 3.8) is 0 Å². The second kappa shape index (κ2) is 10.9. The first-order chi connectivity index (χ1) is 18.0. The molecular formula is C29H21ClN2O4S. The summed E-state index contributed by atoms with van der Waals surface area (Å²) < 4.78 is 5.97. The number of halogens is 1. The second-order valence-electron chi connectivity index (χ2n) is 8.32. The van der Waals surface area contributed by atoms with E-state index in [0.29, 0.717) is 23.1 Å². The highest BCUT2D eigenvalue weighted by Crippen LogP contribution is 2.32. The Kier molecular flexibility index (Phi) is 7.25. The van der Waals surface area contributed by atoms with E-state index in [0.717, 1.165) is 38.6 Å². The zero-order valence-electron chi connectivity index (χ0n) is 19.5. The van der Waals surface area contributed by atoms with Crippen LogP contribution in [-0.4, -0.2) is 28.5 Å². The molecule has 37 heavy (non-hydrogen) atoms. The maximum Gasteiger partial charge on any atom is 0.294 e. The molecule has 5 rings (SSSR count). The summed E-state index contributed by atoms with van der Waals surface area (Å²) in [6.45, 7) is 0.0588. The molecular weight excluding hydrogens is 508 g/mol. The van der Waals surface area contributed by atoms with Gasteiger partial charge in [-0.15, -0.1) is 0 Å². The van der Waals surface area contributed by atoms with Gasteiger partial charge in [0, 0.05) is 10.7 Å². The summed E-state index contributed by atoms with van der Waals surface area (Å²) in [6.07, 6.45) is 1.64. The number of amides is 3. The molecule has 0 spiro atoms. The Balaban J connectivity index is 1.20. The number of ether oxygens (including phenoxy) is 1. The van der Waals surface area contributed by atoms with Gasteiger partial charge in [0.1, 0.15) is 18.9 Å². The quantitative estimate of drug-likeness (QED) is 0.269. The number of anilines is 1. The Labute approximate surface area is 222 Å². The normalized spacial score (nSPS) is 14.4. The maximum absolute atomic E-state index is 12.8. The molecule has 0 aromatic heterocycles. The van der Waals surface area contributed by atoms with E-state index in [9.17, 15) is 14.4 Å². The number of carbonyl (C=O) groups excluding carboxylic acids is 3. The Hall–Kier alpha value is -4.07. The molecule has 4 aromatic rings. The summed E-state index contributed by atoms with van der Waals surface area (Å²) in [5, 5.41) is 5.02. The summed E-state index contributed by atoms with van der Waals surface area (Å²) in [5.74, 6) is -0.284. The SMILES string of the molecule is O=C(CN1C(=O)S/C(=C/c2ccc(OCc3cccc4ccccc34)cc2)C1=O)Nc1ccc(Cl)cc1. The van der Waals surface area contributed by atoms with E-state index in [-0.39, 0.29) is 11.4 Å². The van der Waals surface area contributed by atoms with Crippen LogP contribution in [0.2, 0.25) is 5.02 Å². The molecule has 8 heteroatoms. The van der Waals surface area contributed by atoms with Crippen molar-refractivity contribution in [2.45, 2.75) is 6.61 Å². The van der Waals surface area contributed by atoms with E-state index in [4.69, 9.17) is 16.3 Å². The smallest absolute Gasteiger partial charge is 0.294 e. The van der Waals surface area contributed by atoms with Gasteiger partial charge >= 0.3 is 0 Å². The zero-order chi connectivity index (χ0) is 25.8. The predicted molar refractivity (Wildman–Crippen MR) is 147 cm³/mol. The van der Waals surface area contributed by atoms with Crippen molar-refractivity contribution < 1.29 is 19.1 Å². The lowest BCUT2D eigenvalue weighted by Gasteiger charge is -2.12. The molecule has 0 bridgehead atoms. The van der Waals surface area contributed by atoms with E-state index in [1.54, 1.807) is 30.3 Å². The predicted octanol–water partition coefficient (Wildman–Crippen LogP) is 6.75. The van der Waals surface area contributed by atoms with Crippen molar-refractivity contribution in [3.05, 3.63) is 112 Å². The van der Waals surface area contributed by atoms with Crippen LogP contribution < -0.4 is 10.1 Å². The number of carbonyl (C=O) groups is 3. The standard InChI is InChI=1S/C29H21ClN2O4S/c30-22-10-12-23(13-11-22)31-27(33)17-32-28(34)26(37-29(32)35)16-19-8-14-24(15-9-19)36-18-21-6-3-5-20-4-1-2-7-25(20)21/h1-16H,17-18H2,(H,31,33)/b26-16+. The number of hydrogen-bond acceptors (Lipinski definition) is 5. The molecule has 1 saturated heterocycles. The van der Waals surface area contributed by atoms with E-state index in [1.165, 1.54) is 0 Å². The minimum Gasteiger partial charge on any atom is -0.489 e. The van der Waals surface area contributed by atoms with Gasteiger partial charge in [-0.05, 0) is 76.1 Å². The van der Waals surface area contributed by atoms with Gasteiger partial charge in [0.2, 0.25) is 5.91 Å². The first-order valence-corrected chi connectivity index (χ1v) is 12.7. The Morgan fingerprint density at radius 3 is 2.43 bits per heavy atom. The van der Waals surface area contributed by atoms with Crippen LogP contribution in [0.4, 0.5) is 10.5 Å². The minimum atomic E-state index is -0.502. The van der Waals surface area contributed by atoms with Crippen molar-refractivity contribution in [3.8, 4) is 5.75 Å². The fraction of sp³-hybridized carbons (Fsp3) is 0.0690. The molecule has 1 fully saturated rings. The molecule has 184 valence electrons. The molecule has 1 heterocycles. The average Bonchev–Trinajstić information content (AvgIpc) is 3.16. The molecule has 0 saturated carbocycles. The first kappa shape index (κ1) is 24.6. The van der Waals surface area contributed by atoms with Gasteiger partial charge in [-0.2, -0.15) is 0 Å². The monoisotopic (exact) mass is 528 g/mol. The van der Waals surface area contributed by atoms with Gasteiger partial charge in [0.05, 0.1) is 4.91 Å². The molecule has 4 aromatic carbocycles. The van der Waals surface area contributed by atoms with Crippen LogP contribution in [0.1, 0.15) is 11.1 Å². The number of hydrogen-bond donors (Lipinski definition) is 1. The Bertz CT molecular complexity index is 1510. The Morgan fingerprint density at radius 2 is 1.65 bits per heavy atom. The van der Waals surface area contributed by atoms with Gasteiger partial charge in [-0.1, -0.05) is 66.2 Å². The third-order valence-electron chi connectivity index (χ3n) is 5.76. The summed E-state index contributed by atoms with van der Waals surface area (Å²) in [5.41, 5.74) is 2.37. The second-order valence-corrected chi connectivity index (χ2v) is 9.75. The number of benzene rings is 4. The number of nitrogens with one attached hydrogen (secondary N) is 1. The summed E-state index contributed by atoms with van der Waals surface area (Å²) in [4.78, 5) is 38.7. The number of thioether (sulfide) groups is 1. The first-order valence-electron chi connectivity index (χ1n) is 11.5. The van der Waals surface area contributed by atoms with Gasteiger partial charge in [0.25, 0.3) is 11.1 Å². The van der Waals surface area contributed by atoms with Crippen molar-refractivity contribution in [2.24, 2.45) is 0 Å². The van der Waals surface area contributed by atoms with Crippen LogP contribution in [0.25, 0.3) is 16.8 Å². The third-order valence-corrected chi connectivity index (χ3v) is 6.91. The highest BCUT2D eigenvalue weighted by Gasteiger charge is 2.36. The lowest BCUT2D eigenvalue weighted by atomic mass is 10.1. The van der Waals surface area contributed by atoms with Crippen LogP contribution in [-0.2, 0) is 16.2 Å². The number of rotatable bonds is 7. The molecule has 1 aliphatic rings. The summed E-state index contributed by atoms with van der Waals surface area (Å²) in [6, 6.07) is 28.1. The van der Waals surface area contributed by atoms with Gasteiger partial charge < -0.3 is 10.1 Å². The van der Waals surface area contributed by atoms with Crippen molar-refractivity contribution >= 4 is 63.0 Å². The molecule has 0 aliphatic carbocycles. The summed E-state index contributed by atoms with van der Waals surface area (Å²) >= 11 is 6.66. The van der Waals surface area contributed by atoms with Crippen LogP contribution in [0, 0.1) is 0 Å². The molecule has 0 atom stereocenters. The van der Waals surface area contributed by atoms with Gasteiger partial charge in [0.15, 0.2) is 0 Å². The number of nitrogens with zero attached hydrogens (tertiary/aromatic N) is 1. The molecule has 0 unspecified atom stereocenters. The maximum atomic E-state index is 12.8. The lowest BCUT2D eigenvalue weighted by molar-refractivity contribution is -0.127. The largest absolute Gasteiger partial charge is 0.489 e. The van der Waals surface area contributed by atoms with Crippen LogP contribution in [0.5, 0.6) is 5.75 Å². The summed E-state index contributed by atoms with van der Waals surface area (Å²) in [7, 11) is 0. The lowest BCUT2D eigenvalue weighted by Crippen LogP contribution is -2.36. The van der Waals surface area contributed by atoms with Crippen molar-refractivity contribution in [2.75, 3.05) is 11.9 Å². The molecule has 1 N–H and O–H groups in total. The molecule has 1 aliphatic heterocycles. The fourth-order valence-corrected chi connectivity index (χ4v) is 4.87. The Morgan fingerprint density at radius 1 is 0.919 bits per heavy atom. The minimum absolute atomic E-state index is 0.258. The fourth-order valence-electron chi connectivity index (χ4n) is 3.90. The zero-order valence-corrected chi connectivity index (χ0v) is 21.1. The van der Waals surface area contributed by atoms with E-state index in [1.807, 2.05) is 48.5 Å². The van der Waals surface area contributed by atoms with Gasteiger partial charge in [-0.25, -0.2) is 0 Å². The van der Waals surface area contributed by atoms with Crippen LogP contribution in [0.15, 0.2) is 95.9 Å². The number of fused-ring (bicyclic) bond motifs is 1. The van der Waals surface area contributed by atoms with Crippen molar-refractivity contribution in [1.82, 2.24) is 4.90 Å². The third kappa shape index (κ3) is 5.85. The molecule has 6 nitrogen and oxygen atoms in total. The number of imide groups is 1. The topological polar surface area (TPSA) is 75.7 Å². The van der Waals surface area contributed by atoms with E-state index >= 15 is 0 Å². The highest BCUT2D eigenvalue weighted by molar-refractivity contribution is 8.18. The van der Waals surface area contributed by atoms with E-state index < -0.39 is 17.1 Å². The molecule has 0 radical (unpaired) electrons. The van der Waals surface area contributed by atoms with Crippen molar-refractivity contribution in [1.29, 1.82) is 0 Å². The van der Waals surface area contributed by atoms with Crippen LogP contribution >= 0.6 is 23.4 Å². The van der Waals surface area contributed by atoms with E-state index in [2.05, 4.69) is 23.5 Å². The van der Waals surface area contributed by atoms with Gasteiger partial charge in [-0.3, -0.25) is 19.3 Å². The molecule has 3 amide bonds. The highest BCUT2D eigenvalue weighted by atomic mass is 35.5.